The maximum Gasteiger partial charge on any atom is 0.240 e. The number of nitrogens with zero attached hydrogens (tertiary/aromatic N) is 1. The van der Waals surface area contributed by atoms with Crippen molar-refractivity contribution in [3.63, 3.8) is 0 Å². The fourth-order valence-corrected chi connectivity index (χ4v) is 6.29. The zero-order valence-electron chi connectivity index (χ0n) is 16.7. The Labute approximate surface area is 171 Å². The Bertz CT molecular complexity index is 1010. The molecule has 3 atom stereocenters. The van der Waals surface area contributed by atoms with Gasteiger partial charge in [0.1, 0.15) is 11.6 Å². The topological polar surface area (TPSA) is 69.6 Å². The quantitative estimate of drug-likeness (QED) is 0.783. The number of benzene rings is 2. The van der Waals surface area contributed by atoms with E-state index in [4.69, 9.17) is 0 Å². The number of halogens is 1. The molecule has 0 radical (unpaired) electrons. The van der Waals surface area contributed by atoms with E-state index in [9.17, 15) is 17.9 Å². The number of likely N-dealkylation sites (tertiary alicyclic amines) is 1. The van der Waals surface area contributed by atoms with Gasteiger partial charge in [0.2, 0.25) is 10.0 Å². The molecule has 2 bridgehead atoms. The monoisotopic (exact) mass is 418 g/mol. The summed E-state index contributed by atoms with van der Waals surface area (Å²) in [5, 5.41) is 10.1. The number of piperidine rings is 1. The lowest BCUT2D eigenvalue weighted by Crippen LogP contribution is -2.58. The van der Waals surface area contributed by atoms with Crippen LogP contribution in [0, 0.1) is 11.7 Å². The molecule has 5 nitrogen and oxygen atoms in total. The van der Waals surface area contributed by atoms with Gasteiger partial charge in [0, 0.05) is 18.0 Å². The van der Waals surface area contributed by atoms with Crippen molar-refractivity contribution < 1.29 is 17.9 Å². The van der Waals surface area contributed by atoms with Crippen molar-refractivity contribution in [3.8, 4) is 5.75 Å². The van der Waals surface area contributed by atoms with Crippen LogP contribution in [0.1, 0.15) is 30.9 Å². The summed E-state index contributed by atoms with van der Waals surface area (Å²) in [5.41, 5.74) is 2.20. The van der Waals surface area contributed by atoms with Gasteiger partial charge in [0.05, 0.1) is 4.90 Å². The molecule has 4 rings (SSSR count). The highest BCUT2D eigenvalue weighted by Crippen LogP contribution is 2.51. The maximum absolute atomic E-state index is 13.1. The van der Waals surface area contributed by atoms with Crippen molar-refractivity contribution >= 4 is 10.0 Å². The Morgan fingerprint density at radius 3 is 2.69 bits per heavy atom. The average Bonchev–Trinajstić information content (AvgIpc) is 2.67. The van der Waals surface area contributed by atoms with E-state index in [1.165, 1.54) is 17.7 Å². The molecule has 0 saturated carbocycles. The number of likely N-dealkylation sites (N-methyl/N-ethyl adjacent to an activating group) is 1. The van der Waals surface area contributed by atoms with Crippen LogP contribution >= 0.6 is 0 Å². The molecule has 2 aromatic rings. The van der Waals surface area contributed by atoms with E-state index in [0.29, 0.717) is 18.4 Å². The molecule has 0 spiro atoms. The van der Waals surface area contributed by atoms with Gasteiger partial charge < -0.3 is 10.0 Å². The zero-order chi connectivity index (χ0) is 20.8. The lowest BCUT2D eigenvalue weighted by Gasteiger charge is -2.55. The lowest BCUT2D eigenvalue weighted by molar-refractivity contribution is 0.0367. The van der Waals surface area contributed by atoms with Gasteiger partial charge in [-0.2, -0.15) is 0 Å². The minimum absolute atomic E-state index is 0.0624. The van der Waals surface area contributed by atoms with Crippen LogP contribution in [0.25, 0.3) is 0 Å². The number of hydrogen-bond donors (Lipinski definition) is 2. The molecular formula is C22H27FN2O3S. The SMILES string of the molecule is C[C@H]1[C@H]2Cc3ccc(O)cc3[C@@]1(CCNS(=O)(=O)c1ccc(F)cc1)CCN2C. The number of rotatable bonds is 5. The summed E-state index contributed by atoms with van der Waals surface area (Å²) in [6.07, 6.45) is 2.50. The molecule has 1 aliphatic heterocycles. The van der Waals surface area contributed by atoms with Crippen LogP contribution in [0.2, 0.25) is 0 Å². The van der Waals surface area contributed by atoms with E-state index >= 15 is 0 Å². The highest BCUT2D eigenvalue weighted by molar-refractivity contribution is 7.89. The van der Waals surface area contributed by atoms with Gasteiger partial charge in [-0.05, 0) is 86.3 Å². The summed E-state index contributed by atoms with van der Waals surface area (Å²) in [6.45, 7) is 3.46. The summed E-state index contributed by atoms with van der Waals surface area (Å²) in [5.74, 6) is 0.123. The Morgan fingerprint density at radius 1 is 1.24 bits per heavy atom. The molecule has 2 N–H and O–H groups in total. The highest BCUT2D eigenvalue weighted by Gasteiger charge is 2.50. The second kappa shape index (κ2) is 7.38. The maximum atomic E-state index is 13.1. The van der Waals surface area contributed by atoms with E-state index < -0.39 is 15.8 Å². The van der Waals surface area contributed by atoms with E-state index in [1.54, 1.807) is 6.07 Å². The van der Waals surface area contributed by atoms with E-state index in [-0.39, 0.29) is 22.6 Å². The van der Waals surface area contributed by atoms with Crippen molar-refractivity contribution in [2.24, 2.45) is 5.92 Å². The Kier molecular flexibility index (Phi) is 5.17. The van der Waals surface area contributed by atoms with Crippen molar-refractivity contribution in [3.05, 3.63) is 59.4 Å². The van der Waals surface area contributed by atoms with E-state index in [0.717, 1.165) is 37.1 Å². The largest absolute Gasteiger partial charge is 0.508 e. The minimum Gasteiger partial charge on any atom is -0.508 e. The Morgan fingerprint density at radius 2 is 1.97 bits per heavy atom. The van der Waals surface area contributed by atoms with E-state index in [2.05, 4.69) is 23.6 Å². The summed E-state index contributed by atoms with van der Waals surface area (Å²) in [6, 6.07) is 10.8. The fraction of sp³-hybridized carbons (Fsp3) is 0.455. The van der Waals surface area contributed by atoms with Crippen LogP contribution in [-0.4, -0.2) is 44.6 Å². The molecule has 2 aliphatic rings. The molecule has 1 heterocycles. The first-order chi connectivity index (χ1) is 13.7. The summed E-state index contributed by atoms with van der Waals surface area (Å²) >= 11 is 0. The first-order valence-electron chi connectivity index (χ1n) is 10.0. The zero-order valence-corrected chi connectivity index (χ0v) is 17.5. The van der Waals surface area contributed by atoms with Crippen LogP contribution in [-0.2, 0) is 21.9 Å². The second-order valence-corrected chi connectivity index (χ2v) is 10.2. The highest BCUT2D eigenvalue weighted by atomic mass is 32.2. The molecule has 0 unspecified atom stereocenters. The first kappa shape index (κ1) is 20.3. The standard InChI is InChI=1S/C22H27FN2O3S/c1-15-21-13-16-3-6-18(26)14-20(16)22(15,10-12-25(21)2)9-11-24-29(27,28)19-7-4-17(23)5-8-19/h3-8,14-15,21,24,26H,9-13H2,1-2H3/t15-,21+,22-/m0/s1. The van der Waals surface area contributed by atoms with E-state index in [1.807, 2.05) is 12.1 Å². The Balaban J connectivity index is 1.60. The third-order valence-electron chi connectivity index (χ3n) is 6.97. The summed E-state index contributed by atoms with van der Waals surface area (Å²) < 4.78 is 41.0. The number of fused-ring (bicyclic) bond motifs is 4. The molecule has 156 valence electrons. The number of sulfonamides is 1. The van der Waals surface area contributed by atoms with Crippen molar-refractivity contribution in [1.29, 1.82) is 0 Å². The van der Waals surface area contributed by atoms with Crippen LogP contribution in [0.3, 0.4) is 0 Å². The lowest BCUT2D eigenvalue weighted by atomic mass is 9.56. The Hall–Kier alpha value is -1.96. The van der Waals surface area contributed by atoms with Gasteiger partial charge in [-0.3, -0.25) is 0 Å². The van der Waals surface area contributed by atoms with Gasteiger partial charge in [-0.25, -0.2) is 17.5 Å². The van der Waals surface area contributed by atoms with Crippen LogP contribution < -0.4 is 4.72 Å². The smallest absolute Gasteiger partial charge is 0.240 e. The number of hydrogen-bond acceptors (Lipinski definition) is 4. The molecule has 2 aromatic carbocycles. The minimum atomic E-state index is -3.70. The van der Waals surface area contributed by atoms with Gasteiger partial charge >= 0.3 is 0 Å². The molecule has 29 heavy (non-hydrogen) atoms. The van der Waals surface area contributed by atoms with Gasteiger partial charge in [0.25, 0.3) is 0 Å². The number of phenolic OH excluding ortho intramolecular Hbond substituents is 1. The predicted octanol–water partition coefficient (Wildman–Crippen LogP) is 3.03. The molecule has 1 fully saturated rings. The number of aromatic hydroxyl groups is 1. The third-order valence-corrected chi connectivity index (χ3v) is 8.45. The predicted molar refractivity (Wildman–Crippen MR) is 110 cm³/mol. The van der Waals surface area contributed by atoms with Crippen LogP contribution in [0.4, 0.5) is 4.39 Å². The molecule has 0 aromatic heterocycles. The van der Waals surface area contributed by atoms with Crippen molar-refractivity contribution in [2.45, 2.75) is 42.5 Å². The molecule has 1 aliphatic carbocycles. The van der Waals surface area contributed by atoms with Gasteiger partial charge in [-0.1, -0.05) is 13.0 Å². The average molecular weight is 419 g/mol. The molecule has 1 saturated heterocycles. The first-order valence-corrected chi connectivity index (χ1v) is 11.5. The normalized spacial score (nSPS) is 26.9. The number of phenols is 1. The summed E-state index contributed by atoms with van der Waals surface area (Å²) in [4.78, 5) is 2.45. The van der Waals surface area contributed by atoms with Gasteiger partial charge in [0.15, 0.2) is 0 Å². The molecule has 0 amide bonds. The third kappa shape index (κ3) is 3.56. The van der Waals surface area contributed by atoms with Crippen LogP contribution in [0.15, 0.2) is 47.4 Å². The number of nitrogens with one attached hydrogen (secondary N) is 1. The fourth-order valence-electron chi connectivity index (χ4n) is 5.26. The molecule has 7 heteroatoms. The van der Waals surface area contributed by atoms with Crippen LogP contribution in [0.5, 0.6) is 5.75 Å². The molecular weight excluding hydrogens is 391 g/mol. The second-order valence-electron chi connectivity index (χ2n) is 8.39. The van der Waals surface area contributed by atoms with Crippen molar-refractivity contribution in [2.75, 3.05) is 20.1 Å². The van der Waals surface area contributed by atoms with Crippen molar-refractivity contribution in [1.82, 2.24) is 9.62 Å². The summed E-state index contributed by atoms with van der Waals surface area (Å²) in [7, 11) is -1.55. The van der Waals surface area contributed by atoms with Gasteiger partial charge in [-0.15, -0.1) is 0 Å².